The van der Waals surface area contributed by atoms with Gasteiger partial charge in [0, 0.05) is 4.75 Å². The van der Waals surface area contributed by atoms with Gasteiger partial charge in [0.1, 0.15) is 6.04 Å². The molecule has 3 aliphatic heterocycles. The van der Waals surface area contributed by atoms with Gasteiger partial charge in [0.25, 0.3) is 0 Å². The van der Waals surface area contributed by atoms with Crippen LogP contribution in [-0.4, -0.2) is 62.6 Å². The maximum absolute atomic E-state index is 14.0. The monoisotopic (exact) mass is 494 g/mol. The molecule has 9 heteroatoms. The van der Waals surface area contributed by atoms with Crippen molar-refractivity contribution < 1.29 is 24.2 Å². The van der Waals surface area contributed by atoms with E-state index in [0.717, 1.165) is 0 Å². The van der Waals surface area contributed by atoms with Crippen molar-refractivity contribution in [2.24, 2.45) is 17.8 Å². The number of carbonyl (C=O) groups excluding carboxylic acids is 3. The van der Waals surface area contributed by atoms with Crippen LogP contribution in [0, 0.1) is 17.8 Å². The van der Waals surface area contributed by atoms with Crippen LogP contribution in [0.5, 0.6) is 0 Å². The summed E-state index contributed by atoms with van der Waals surface area (Å²) in [6, 6.07) is 5.57. The van der Waals surface area contributed by atoms with Gasteiger partial charge in [-0.1, -0.05) is 37.6 Å². The number of carbonyl (C=O) groups is 3. The third-order valence-corrected chi connectivity index (χ3v) is 9.76. The number of benzene rings is 1. The Kier molecular flexibility index (Phi) is 6.48. The van der Waals surface area contributed by atoms with E-state index in [0.29, 0.717) is 23.6 Å². The number of fused-ring (bicyclic) bond motifs is 1. The number of aliphatic hydroxyl groups is 1. The number of ether oxygens (including phenoxy) is 1. The molecule has 7 nitrogen and oxygen atoms in total. The van der Waals surface area contributed by atoms with Crippen LogP contribution < -0.4 is 5.32 Å². The minimum Gasteiger partial charge on any atom is -0.466 e. The van der Waals surface area contributed by atoms with E-state index in [1.54, 1.807) is 47.9 Å². The second-order valence-electron chi connectivity index (χ2n) is 9.69. The number of anilines is 1. The van der Waals surface area contributed by atoms with Crippen molar-refractivity contribution in [1.29, 1.82) is 0 Å². The Labute approximate surface area is 203 Å². The predicted octanol–water partition coefficient (Wildman–Crippen LogP) is 3.34. The number of aliphatic hydroxyl groups excluding tert-OH is 1. The summed E-state index contributed by atoms with van der Waals surface area (Å²) in [6.45, 7) is 7.54. The van der Waals surface area contributed by atoms with Crippen LogP contribution in [0.1, 0.15) is 40.5 Å². The Bertz CT molecular complexity index is 974. The molecule has 0 aliphatic carbocycles. The Hall–Kier alpha value is -1.77. The first kappa shape index (κ1) is 24.4. The number of hydrogen-bond acceptors (Lipinski definition) is 6. The molecule has 2 unspecified atom stereocenters. The number of nitrogens with one attached hydrogen (secondary N) is 1. The molecular formula is C24H31ClN2O5S. The van der Waals surface area contributed by atoms with Crippen LogP contribution >= 0.6 is 23.4 Å². The van der Waals surface area contributed by atoms with Crippen molar-refractivity contribution in [3.8, 4) is 0 Å². The SMILES string of the molecule is CCOC(=O)[C@@H]1[C@H]2C(=O)N([C@@H](CO)C(C)C)C(C(=O)Nc3ccccc3Cl)C23CC[C@@]1(C)S3. The van der Waals surface area contributed by atoms with Gasteiger partial charge in [-0.2, -0.15) is 0 Å². The van der Waals surface area contributed by atoms with E-state index >= 15 is 0 Å². The molecule has 2 amide bonds. The number of rotatable bonds is 7. The lowest BCUT2D eigenvalue weighted by atomic mass is 9.66. The third kappa shape index (κ3) is 3.65. The van der Waals surface area contributed by atoms with E-state index in [2.05, 4.69) is 5.32 Å². The summed E-state index contributed by atoms with van der Waals surface area (Å²) in [5, 5.41) is 13.5. The smallest absolute Gasteiger partial charge is 0.311 e. The summed E-state index contributed by atoms with van der Waals surface area (Å²) in [6.07, 6.45) is 1.34. The first-order valence-electron chi connectivity index (χ1n) is 11.5. The number of esters is 1. The topological polar surface area (TPSA) is 95.9 Å². The molecule has 33 heavy (non-hydrogen) atoms. The molecule has 0 saturated carbocycles. The molecule has 0 radical (unpaired) electrons. The van der Waals surface area contributed by atoms with Crippen molar-refractivity contribution in [3.63, 3.8) is 0 Å². The molecule has 1 aromatic carbocycles. The maximum atomic E-state index is 14.0. The van der Waals surface area contributed by atoms with Gasteiger partial charge in [-0.25, -0.2) is 0 Å². The van der Waals surface area contributed by atoms with Crippen molar-refractivity contribution >= 4 is 46.8 Å². The van der Waals surface area contributed by atoms with Gasteiger partial charge in [-0.05, 0) is 44.7 Å². The van der Waals surface area contributed by atoms with Gasteiger partial charge in [-0.3, -0.25) is 14.4 Å². The molecule has 2 bridgehead atoms. The molecule has 1 aromatic rings. The van der Waals surface area contributed by atoms with Crippen LogP contribution in [0.4, 0.5) is 5.69 Å². The molecule has 180 valence electrons. The highest BCUT2D eigenvalue weighted by molar-refractivity contribution is 8.02. The Morgan fingerprint density at radius 1 is 1.33 bits per heavy atom. The van der Waals surface area contributed by atoms with E-state index in [1.165, 1.54) is 0 Å². The molecular weight excluding hydrogens is 464 g/mol. The third-order valence-electron chi connectivity index (χ3n) is 7.45. The standard InChI is InChI=1S/C24H31ClN2O5S/c1-5-32-22(31)18-17-21(30)27(16(12-28)13(2)3)19(24(17)11-10-23(18,4)33-24)20(29)26-15-9-7-6-8-14(15)25/h6-9,13,16-19,28H,5,10-12H2,1-4H3,(H,26,29)/t16-,17-,18-,19?,23+,24?/m0/s1. The fraction of sp³-hybridized carbons (Fsp3) is 0.625. The summed E-state index contributed by atoms with van der Waals surface area (Å²) < 4.78 is 4.14. The quantitative estimate of drug-likeness (QED) is 0.564. The fourth-order valence-corrected chi connectivity index (χ4v) is 8.51. The van der Waals surface area contributed by atoms with Crippen molar-refractivity contribution in [2.45, 2.75) is 62.1 Å². The zero-order valence-corrected chi connectivity index (χ0v) is 20.9. The number of amides is 2. The number of thioether (sulfide) groups is 1. The molecule has 4 rings (SSSR count). The zero-order chi connectivity index (χ0) is 24.1. The second-order valence-corrected chi connectivity index (χ2v) is 12.0. The van der Waals surface area contributed by atoms with Crippen molar-refractivity contribution in [3.05, 3.63) is 29.3 Å². The zero-order valence-electron chi connectivity index (χ0n) is 19.3. The minimum absolute atomic E-state index is 0.0800. The molecule has 3 aliphatic rings. The summed E-state index contributed by atoms with van der Waals surface area (Å²) in [7, 11) is 0. The van der Waals surface area contributed by atoms with Crippen molar-refractivity contribution in [2.75, 3.05) is 18.5 Å². The van der Waals surface area contributed by atoms with E-state index in [1.807, 2.05) is 20.8 Å². The fourth-order valence-electron chi connectivity index (χ4n) is 5.99. The Morgan fingerprint density at radius 3 is 2.64 bits per heavy atom. The van der Waals surface area contributed by atoms with E-state index < -0.39 is 33.4 Å². The number of nitrogens with zero attached hydrogens (tertiary/aromatic N) is 1. The predicted molar refractivity (Wildman–Crippen MR) is 128 cm³/mol. The van der Waals surface area contributed by atoms with Gasteiger partial charge >= 0.3 is 5.97 Å². The summed E-state index contributed by atoms with van der Waals surface area (Å²) in [5.74, 6) is -2.37. The number of halogens is 1. The summed E-state index contributed by atoms with van der Waals surface area (Å²) in [4.78, 5) is 42.4. The Balaban J connectivity index is 1.80. The molecule has 0 aromatic heterocycles. The molecule has 3 heterocycles. The lowest BCUT2D eigenvalue weighted by Gasteiger charge is -2.38. The first-order chi connectivity index (χ1) is 15.6. The van der Waals surface area contributed by atoms with Crippen LogP contribution in [0.3, 0.4) is 0 Å². The van der Waals surface area contributed by atoms with Crippen LogP contribution in [0.15, 0.2) is 24.3 Å². The van der Waals surface area contributed by atoms with Gasteiger partial charge in [0.05, 0.1) is 46.5 Å². The average molecular weight is 495 g/mol. The summed E-state index contributed by atoms with van der Waals surface area (Å²) in [5.41, 5.74) is 0.465. The van der Waals surface area contributed by atoms with Crippen LogP contribution in [0.2, 0.25) is 5.02 Å². The number of hydrogen-bond donors (Lipinski definition) is 2. The molecule has 3 fully saturated rings. The van der Waals surface area contributed by atoms with E-state index in [4.69, 9.17) is 16.3 Å². The summed E-state index contributed by atoms with van der Waals surface area (Å²) >= 11 is 7.86. The minimum atomic E-state index is -0.836. The lowest BCUT2D eigenvalue weighted by molar-refractivity contribution is -0.155. The van der Waals surface area contributed by atoms with Crippen LogP contribution in [-0.2, 0) is 19.1 Å². The average Bonchev–Trinajstić information content (AvgIpc) is 3.31. The van der Waals surface area contributed by atoms with Gasteiger partial charge in [0.15, 0.2) is 0 Å². The second kappa shape index (κ2) is 8.78. The highest BCUT2D eigenvalue weighted by atomic mass is 35.5. The molecule has 2 N–H and O–H groups in total. The Morgan fingerprint density at radius 2 is 2.03 bits per heavy atom. The van der Waals surface area contributed by atoms with Gasteiger partial charge in [0.2, 0.25) is 11.8 Å². The lowest BCUT2D eigenvalue weighted by Crippen LogP contribution is -2.56. The highest BCUT2D eigenvalue weighted by Gasteiger charge is 2.78. The van der Waals surface area contributed by atoms with E-state index in [-0.39, 0.29) is 36.9 Å². The molecule has 3 saturated heterocycles. The largest absolute Gasteiger partial charge is 0.466 e. The number of likely N-dealkylation sites (tertiary alicyclic amines) is 1. The van der Waals surface area contributed by atoms with Crippen LogP contribution in [0.25, 0.3) is 0 Å². The van der Waals surface area contributed by atoms with Gasteiger partial charge in [-0.15, -0.1) is 11.8 Å². The number of para-hydroxylation sites is 1. The normalized spacial score (nSPS) is 33.4. The van der Waals surface area contributed by atoms with Crippen molar-refractivity contribution in [1.82, 2.24) is 4.90 Å². The molecule has 1 spiro atoms. The van der Waals surface area contributed by atoms with E-state index in [9.17, 15) is 19.5 Å². The molecule has 6 atom stereocenters. The maximum Gasteiger partial charge on any atom is 0.311 e. The first-order valence-corrected chi connectivity index (χ1v) is 12.7. The highest BCUT2D eigenvalue weighted by Crippen LogP contribution is 2.71. The van der Waals surface area contributed by atoms with Gasteiger partial charge < -0.3 is 20.1 Å².